The number of esters is 2. The summed E-state index contributed by atoms with van der Waals surface area (Å²) in [6.07, 6.45) is 1.85. The second kappa shape index (κ2) is 8.05. The highest BCUT2D eigenvalue weighted by molar-refractivity contribution is 7.21. The van der Waals surface area contributed by atoms with Crippen molar-refractivity contribution in [2.45, 2.75) is 20.0 Å². The fourth-order valence-corrected chi connectivity index (χ4v) is 4.42. The van der Waals surface area contributed by atoms with E-state index in [1.54, 1.807) is 25.3 Å². The van der Waals surface area contributed by atoms with Crippen LogP contribution in [0.3, 0.4) is 0 Å². The maximum atomic E-state index is 14.4. The Morgan fingerprint density at radius 1 is 1.10 bits per heavy atom. The van der Waals surface area contributed by atoms with Gasteiger partial charge in [0.1, 0.15) is 17.3 Å². The van der Waals surface area contributed by atoms with Crippen LogP contribution >= 0.6 is 11.3 Å². The molecule has 0 amide bonds. The summed E-state index contributed by atoms with van der Waals surface area (Å²) in [6, 6.07) is 12.3. The summed E-state index contributed by atoms with van der Waals surface area (Å²) in [4.78, 5) is 28.1. The van der Waals surface area contributed by atoms with Gasteiger partial charge in [0.25, 0.3) is 0 Å². The first-order valence-corrected chi connectivity index (χ1v) is 9.97. The lowest BCUT2D eigenvalue weighted by molar-refractivity contribution is -0.144. The third-order valence-electron chi connectivity index (χ3n) is 4.61. The van der Waals surface area contributed by atoms with Crippen molar-refractivity contribution < 1.29 is 23.5 Å². The van der Waals surface area contributed by atoms with Crippen molar-refractivity contribution in [1.82, 2.24) is 4.98 Å². The molecule has 1 N–H and O–H groups in total. The molecule has 2 aromatic carbocycles. The number of halogens is 1. The third kappa shape index (κ3) is 3.73. The molecule has 0 spiro atoms. The summed E-state index contributed by atoms with van der Waals surface area (Å²) in [7, 11) is 0. The number of aromatic nitrogens is 1. The SMILES string of the molecule is CCOC(=O)c1sc2cccc(F)c2c1COC(=O)Cc1c[nH]c2ccccc12. The minimum Gasteiger partial charge on any atom is -0.462 e. The van der Waals surface area contributed by atoms with E-state index < -0.39 is 17.8 Å². The van der Waals surface area contributed by atoms with Crippen LogP contribution in [0.15, 0.2) is 48.7 Å². The number of ether oxygens (including phenoxy) is 2. The Kier molecular flexibility index (Phi) is 5.31. The van der Waals surface area contributed by atoms with E-state index in [1.165, 1.54) is 6.07 Å². The van der Waals surface area contributed by atoms with Crippen LogP contribution in [-0.2, 0) is 27.3 Å². The van der Waals surface area contributed by atoms with Gasteiger partial charge < -0.3 is 14.5 Å². The van der Waals surface area contributed by atoms with Crippen LogP contribution in [0, 0.1) is 5.82 Å². The van der Waals surface area contributed by atoms with Crippen molar-refractivity contribution >= 4 is 44.3 Å². The number of hydrogen-bond donors (Lipinski definition) is 1. The van der Waals surface area contributed by atoms with E-state index in [-0.39, 0.29) is 24.5 Å². The van der Waals surface area contributed by atoms with Crippen molar-refractivity contribution in [3.8, 4) is 0 Å². The molecule has 0 saturated heterocycles. The number of thiophene rings is 1. The number of aromatic amines is 1. The molecule has 0 saturated carbocycles. The molecule has 4 rings (SSSR count). The number of nitrogens with one attached hydrogen (secondary N) is 1. The van der Waals surface area contributed by atoms with Crippen molar-refractivity contribution in [3.63, 3.8) is 0 Å². The van der Waals surface area contributed by atoms with Gasteiger partial charge in [0.15, 0.2) is 0 Å². The second-order valence-corrected chi connectivity index (χ2v) is 7.49. The van der Waals surface area contributed by atoms with Gasteiger partial charge in [-0.05, 0) is 30.7 Å². The van der Waals surface area contributed by atoms with Crippen LogP contribution in [0.25, 0.3) is 21.0 Å². The van der Waals surface area contributed by atoms with Crippen LogP contribution in [0.5, 0.6) is 0 Å². The molecule has 0 aliphatic heterocycles. The Balaban J connectivity index is 1.57. The Bertz CT molecular complexity index is 1210. The van der Waals surface area contributed by atoms with Gasteiger partial charge in [0.05, 0.1) is 13.0 Å². The van der Waals surface area contributed by atoms with Gasteiger partial charge in [0.2, 0.25) is 0 Å². The summed E-state index contributed by atoms with van der Waals surface area (Å²) in [5.41, 5.74) is 2.09. The topological polar surface area (TPSA) is 68.4 Å². The highest BCUT2D eigenvalue weighted by Gasteiger charge is 2.23. The summed E-state index contributed by atoms with van der Waals surface area (Å²) < 4.78 is 25.5. The molecule has 2 aromatic heterocycles. The molecule has 0 aliphatic rings. The average Bonchev–Trinajstić information content (AvgIpc) is 3.29. The Morgan fingerprint density at radius 3 is 2.76 bits per heavy atom. The number of para-hydroxylation sites is 1. The molecule has 29 heavy (non-hydrogen) atoms. The number of H-pyrrole nitrogens is 1. The smallest absolute Gasteiger partial charge is 0.348 e. The zero-order chi connectivity index (χ0) is 20.4. The predicted octanol–water partition coefficient (Wildman–Crippen LogP) is 4.98. The number of fused-ring (bicyclic) bond motifs is 2. The van der Waals surface area contributed by atoms with Crippen molar-refractivity contribution in [2.75, 3.05) is 6.61 Å². The van der Waals surface area contributed by atoms with E-state index in [1.807, 2.05) is 24.3 Å². The molecule has 7 heteroatoms. The molecule has 0 fully saturated rings. The lowest BCUT2D eigenvalue weighted by Crippen LogP contribution is -2.11. The van der Waals surface area contributed by atoms with E-state index in [4.69, 9.17) is 9.47 Å². The first-order valence-electron chi connectivity index (χ1n) is 9.16. The van der Waals surface area contributed by atoms with Crippen molar-refractivity contribution in [1.29, 1.82) is 0 Å². The minimum absolute atomic E-state index is 0.0727. The predicted molar refractivity (Wildman–Crippen MR) is 110 cm³/mol. The summed E-state index contributed by atoms with van der Waals surface area (Å²) >= 11 is 1.13. The van der Waals surface area contributed by atoms with Crippen LogP contribution in [0.2, 0.25) is 0 Å². The van der Waals surface area contributed by atoms with E-state index in [9.17, 15) is 14.0 Å². The fourth-order valence-electron chi connectivity index (χ4n) is 3.30. The van der Waals surface area contributed by atoms with Gasteiger partial charge in [-0.3, -0.25) is 4.79 Å². The zero-order valence-electron chi connectivity index (χ0n) is 15.7. The van der Waals surface area contributed by atoms with Gasteiger partial charge in [0, 0.05) is 32.7 Å². The Hall–Kier alpha value is -3.19. The summed E-state index contributed by atoms with van der Waals surface area (Å²) in [5.74, 6) is -1.46. The summed E-state index contributed by atoms with van der Waals surface area (Å²) in [6.45, 7) is 1.71. The molecule has 0 bridgehead atoms. The maximum Gasteiger partial charge on any atom is 0.348 e. The second-order valence-electron chi connectivity index (χ2n) is 6.44. The van der Waals surface area contributed by atoms with Crippen molar-refractivity contribution in [2.24, 2.45) is 0 Å². The van der Waals surface area contributed by atoms with Crippen LogP contribution in [0.4, 0.5) is 4.39 Å². The lowest BCUT2D eigenvalue weighted by atomic mass is 10.1. The van der Waals surface area contributed by atoms with E-state index in [0.29, 0.717) is 15.6 Å². The number of hydrogen-bond acceptors (Lipinski definition) is 5. The van der Waals surface area contributed by atoms with E-state index >= 15 is 0 Å². The number of benzene rings is 2. The van der Waals surface area contributed by atoms with E-state index in [0.717, 1.165) is 27.8 Å². The third-order valence-corrected chi connectivity index (χ3v) is 5.79. The molecular weight excluding hydrogens is 393 g/mol. The molecule has 0 radical (unpaired) electrons. The van der Waals surface area contributed by atoms with Crippen molar-refractivity contribution in [3.05, 3.63) is 70.5 Å². The molecule has 0 unspecified atom stereocenters. The first-order chi connectivity index (χ1) is 14.1. The number of carbonyl (C=O) groups is 2. The zero-order valence-corrected chi connectivity index (χ0v) is 16.5. The molecule has 5 nitrogen and oxygen atoms in total. The van der Waals surface area contributed by atoms with Gasteiger partial charge in [-0.2, -0.15) is 0 Å². The highest BCUT2D eigenvalue weighted by Crippen LogP contribution is 2.34. The maximum absolute atomic E-state index is 14.4. The standard InChI is InChI=1S/C22H18FNO4S/c1-2-27-22(26)21-15(20-16(23)7-5-9-18(20)29-21)12-28-19(25)10-13-11-24-17-8-4-3-6-14(13)17/h3-9,11,24H,2,10,12H2,1H3. The molecular formula is C22H18FNO4S. The number of carbonyl (C=O) groups excluding carboxylic acids is 2. The first kappa shape index (κ1) is 19.1. The van der Waals surface area contributed by atoms with Crippen LogP contribution in [0.1, 0.15) is 27.7 Å². The van der Waals surface area contributed by atoms with Gasteiger partial charge in [-0.1, -0.05) is 24.3 Å². The quantitative estimate of drug-likeness (QED) is 0.454. The highest BCUT2D eigenvalue weighted by atomic mass is 32.1. The Labute approximate surface area is 170 Å². The fraction of sp³-hybridized carbons (Fsp3) is 0.182. The average molecular weight is 411 g/mol. The van der Waals surface area contributed by atoms with Gasteiger partial charge in [-0.25, -0.2) is 9.18 Å². The normalized spacial score (nSPS) is 11.1. The molecule has 0 aliphatic carbocycles. The van der Waals surface area contributed by atoms with Crippen LogP contribution in [-0.4, -0.2) is 23.5 Å². The molecule has 2 heterocycles. The monoisotopic (exact) mass is 411 g/mol. The Morgan fingerprint density at radius 2 is 1.93 bits per heavy atom. The van der Waals surface area contributed by atoms with Crippen LogP contribution < -0.4 is 0 Å². The van der Waals surface area contributed by atoms with Gasteiger partial charge in [-0.15, -0.1) is 11.3 Å². The largest absolute Gasteiger partial charge is 0.462 e. The molecule has 148 valence electrons. The van der Waals surface area contributed by atoms with Gasteiger partial charge >= 0.3 is 11.9 Å². The lowest BCUT2D eigenvalue weighted by Gasteiger charge is -2.07. The minimum atomic E-state index is -0.546. The molecule has 0 atom stereocenters. The molecule has 4 aromatic rings. The number of rotatable bonds is 6. The van der Waals surface area contributed by atoms with E-state index in [2.05, 4.69) is 4.98 Å². The summed E-state index contributed by atoms with van der Waals surface area (Å²) in [5, 5.41) is 1.24.